The summed E-state index contributed by atoms with van der Waals surface area (Å²) in [5.41, 5.74) is 8.71. The lowest BCUT2D eigenvalue weighted by Gasteiger charge is -2.33. The topological polar surface area (TPSA) is 45.4 Å². The lowest BCUT2D eigenvalue weighted by molar-refractivity contribution is 0.174. The quantitative estimate of drug-likeness (QED) is 0.908. The van der Waals surface area contributed by atoms with Crippen LogP contribution in [-0.2, 0) is 0 Å². The first kappa shape index (κ1) is 14.0. The third-order valence-corrected chi connectivity index (χ3v) is 5.28. The SMILES string of the molecule is Cc1ccncc1C(CN)N1CCC2CCC(C1)N2C. The zero-order valence-corrected chi connectivity index (χ0v) is 12.6. The summed E-state index contributed by atoms with van der Waals surface area (Å²) in [5.74, 6) is 0. The van der Waals surface area contributed by atoms with E-state index in [1.165, 1.54) is 30.4 Å². The van der Waals surface area contributed by atoms with Crippen LogP contribution >= 0.6 is 0 Å². The van der Waals surface area contributed by atoms with Gasteiger partial charge in [0, 0.05) is 50.2 Å². The highest BCUT2D eigenvalue weighted by atomic mass is 15.3. The Kier molecular flexibility index (Phi) is 4.06. The maximum absolute atomic E-state index is 6.11. The molecule has 0 spiro atoms. The molecule has 110 valence electrons. The van der Waals surface area contributed by atoms with E-state index in [1.807, 2.05) is 12.4 Å². The Morgan fingerprint density at radius 3 is 2.90 bits per heavy atom. The Morgan fingerprint density at radius 1 is 1.35 bits per heavy atom. The van der Waals surface area contributed by atoms with Crippen molar-refractivity contribution < 1.29 is 0 Å². The molecule has 2 N–H and O–H groups in total. The van der Waals surface area contributed by atoms with Crippen molar-refractivity contribution >= 4 is 0 Å². The number of nitrogens with two attached hydrogens (primary N) is 1. The second-order valence-corrected chi connectivity index (χ2v) is 6.32. The molecular weight excluding hydrogens is 248 g/mol. The number of aryl methyl sites for hydroxylation is 1. The van der Waals surface area contributed by atoms with Crippen LogP contribution in [0, 0.1) is 6.92 Å². The van der Waals surface area contributed by atoms with Crippen molar-refractivity contribution in [1.82, 2.24) is 14.8 Å². The molecule has 3 unspecified atom stereocenters. The number of pyridine rings is 1. The van der Waals surface area contributed by atoms with E-state index < -0.39 is 0 Å². The van der Waals surface area contributed by atoms with Crippen LogP contribution in [0.15, 0.2) is 18.5 Å². The molecule has 0 aliphatic carbocycles. The Balaban J connectivity index is 1.82. The molecule has 3 heterocycles. The third-order valence-electron chi connectivity index (χ3n) is 5.28. The van der Waals surface area contributed by atoms with Crippen LogP contribution in [0.25, 0.3) is 0 Å². The summed E-state index contributed by atoms with van der Waals surface area (Å²) < 4.78 is 0. The van der Waals surface area contributed by atoms with Crippen molar-refractivity contribution in [3.63, 3.8) is 0 Å². The predicted molar refractivity (Wildman–Crippen MR) is 81.5 cm³/mol. The van der Waals surface area contributed by atoms with Crippen LogP contribution < -0.4 is 5.73 Å². The van der Waals surface area contributed by atoms with Gasteiger partial charge < -0.3 is 5.73 Å². The highest BCUT2D eigenvalue weighted by molar-refractivity contribution is 5.25. The summed E-state index contributed by atoms with van der Waals surface area (Å²) in [6.45, 7) is 5.13. The average molecular weight is 274 g/mol. The van der Waals surface area contributed by atoms with Crippen LogP contribution in [-0.4, -0.2) is 53.5 Å². The molecule has 2 aliphatic heterocycles. The molecule has 20 heavy (non-hydrogen) atoms. The smallest absolute Gasteiger partial charge is 0.0489 e. The highest BCUT2D eigenvalue weighted by Crippen LogP contribution is 2.32. The van der Waals surface area contributed by atoms with Gasteiger partial charge in [-0.2, -0.15) is 0 Å². The van der Waals surface area contributed by atoms with Crippen molar-refractivity contribution in [1.29, 1.82) is 0 Å². The molecule has 2 fully saturated rings. The van der Waals surface area contributed by atoms with Gasteiger partial charge in [0.05, 0.1) is 0 Å². The molecular formula is C16H26N4. The Hall–Kier alpha value is -0.970. The molecule has 1 aromatic rings. The number of likely N-dealkylation sites (tertiary alicyclic amines) is 1. The van der Waals surface area contributed by atoms with Gasteiger partial charge in [-0.05, 0) is 50.4 Å². The Labute approximate surface area is 122 Å². The van der Waals surface area contributed by atoms with Gasteiger partial charge in [0.2, 0.25) is 0 Å². The molecule has 0 amide bonds. The third kappa shape index (κ3) is 2.48. The molecule has 0 radical (unpaired) electrons. The maximum atomic E-state index is 6.11. The Bertz CT molecular complexity index is 462. The van der Waals surface area contributed by atoms with Crippen LogP contribution in [0.2, 0.25) is 0 Å². The lowest BCUT2D eigenvalue weighted by atomic mass is 10.00. The van der Waals surface area contributed by atoms with Crippen molar-refractivity contribution in [2.75, 3.05) is 26.7 Å². The largest absolute Gasteiger partial charge is 0.329 e. The maximum Gasteiger partial charge on any atom is 0.0489 e. The van der Waals surface area contributed by atoms with E-state index in [1.54, 1.807) is 0 Å². The molecule has 0 aromatic carbocycles. The standard InChI is InChI=1S/C16H26N4/c1-12-5-7-18-10-15(12)16(9-17)20-8-6-13-3-4-14(11-20)19(13)2/h5,7,10,13-14,16H,3-4,6,8-9,11,17H2,1-2H3. The molecule has 3 atom stereocenters. The van der Waals surface area contributed by atoms with Crippen molar-refractivity contribution in [3.05, 3.63) is 29.6 Å². The zero-order valence-electron chi connectivity index (χ0n) is 12.6. The van der Waals surface area contributed by atoms with E-state index in [0.29, 0.717) is 18.6 Å². The molecule has 3 rings (SSSR count). The minimum absolute atomic E-state index is 0.316. The number of hydrogen-bond acceptors (Lipinski definition) is 4. The van der Waals surface area contributed by atoms with Gasteiger partial charge in [0.1, 0.15) is 0 Å². The molecule has 2 bridgehead atoms. The van der Waals surface area contributed by atoms with E-state index >= 15 is 0 Å². The molecule has 4 nitrogen and oxygen atoms in total. The fraction of sp³-hybridized carbons (Fsp3) is 0.688. The number of likely N-dealkylation sites (N-methyl/N-ethyl adjacent to an activating group) is 1. The van der Waals surface area contributed by atoms with Crippen LogP contribution in [0.1, 0.15) is 36.4 Å². The first-order valence-corrected chi connectivity index (χ1v) is 7.77. The van der Waals surface area contributed by atoms with Gasteiger partial charge in [0.25, 0.3) is 0 Å². The van der Waals surface area contributed by atoms with Gasteiger partial charge >= 0.3 is 0 Å². The predicted octanol–water partition coefficient (Wildman–Crippen LogP) is 1.56. The number of nitrogens with zero attached hydrogens (tertiary/aromatic N) is 3. The monoisotopic (exact) mass is 274 g/mol. The van der Waals surface area contributed by atoms with Crippen LogP contribution in [0.4, 0.5) is 0 Å². The van der Waals surface area contributed by atoms with Gasteiger partial charge in [-0.3, -0.25) is 14.8 Å². The molecule has 2 saturated heterocycles. The zero-order chi connectivity index (χ0) is 14.1. The van der Waals surface area contributed by atoms with E-state index in [2.05, 4.69) is 34.8 Å². The van der Waals surface area contributed by atoms with E-state index in [0.717, 1.165) is 19.1 Å². The fourth-order valence-corrected chi connectivity index (χ4v) is 3.92. The molecule has 0 saturated carbocycles. The Morgan fingerprint density at radius 2 is 2.15 bits per heavy atom. The summed E-state index contributed by atoms with van der Waals surface area (Å²) >= 11 is 0. The average Bonchev–Trinajstić information content (AvgIpc) is 2.68. The number of rotatable bonds is 3. The molecule has 4 heteroatoms. The summed E-state index contributed by atoms with van der Waals surface area (Å²) in [7, 11) is 2.29. The summed E-state index contributed by atoms with van der Waals surface area (Å²) in [6.07, 6.45) is 7.84. The highest BCUT2D eigenvalue weighted by Gasteiger charge is 2.36. The van der Waals surface area contributed by atoms with E-state index in [4.69, 9.17) is 5.73 Å². The van der Waals surface area contributed by atoms with E-state index in [-0.39, 0.29) is 0 Å². The lowest BCUT2D eigenvalue weighted by Crippen LogP contribution is -2.41. The van der Waals surface area contributed by atoms with Crippen molar-refractivity contribution in [2.24, 2.45) is 5.73 Å². The number of hydrogen-bond donors (Lipinski definition) is 1. The summed E-state index contributed by atoms with van der Waals surface area (Å²) in [6, 6.07) is 3.89. The molecule has 2 aliphatic rings. The van der Waals surface area contributed by atoms with Crippen molar-refractivity contribution in [2.45, 2.75) is 44.3 Å². The van der Waals surface area contributed by atoms with Crippen LogP contribution in [0.5, 0.6) is 0 Å². The van der Waals surface area contributed by atoms with Crippen LogP contribution in [0.3, 0.4) is 0 Å². The second-order valence-electron chi connectivity index (χ2n) is 6.32. The number of fused-ring (bicyclic) bond motifs is 2. The summed E-state index contributed by atoms with van der Waals surface area (Å²) in [5, 5.41) is 0. The molecule has 1 aromatic heterocycles. The minimum Gasteiger partial charge on any atom is -0.329 e. The van der Waals surface area contributed by atoms with Gasteiger partial charge in [-0.1, -0.05) is 0 Å². The minimum atomic E-state index is 0.316. The van der Waals surface area contributed by atoms with Crippen molar-refractivity contribution in [3.8, 4) is 0 Å². The van der Waals surface area contributed by atoms with Gasteiger partial charge in [-0.15, -0.1) is 0 Å². The normalized spacial score (nSPS) is 29.4. The first-order valence-electron chi connectivity index (χ1n) is 7.77. The fourth-order valence-electron chi connectivity index (χ4n) is 3.92. The first-order chi connectivity index (χ1) is 9.70. The number of aromatic nitrogens is 1. The second kappa shape index (κ2) is 5.80. The van der Waals surface area contributed by atoms with Gasteiger partial charge in [0.15, 0.2) is 0 Å². The van der Waals surface area contributed by atoms with Gasteiger partial charge in [-0.25, -0.2) is 0 Å². The van der Waals surface area contributed by atoms with E-state index in [9.17, 15) is 0 Å². The summed E-state index contributed by atoms with van der Waals surface area (Å²) in [4.78, 5) is 9.48.